The molecule has 0 spiro atoms. The molecule has 0 amide bonds. The molecular formula is C9H16O3Sn. The zero-order chi connectivity index (χ0) is 10.4. The van der Waals surface area contributed by atoms with Crippen LogP contribution in [0.4, 0.5) is 0 Å². The number of carbonyl (C=O) groups excluding carboxylic acids is 3. The molecule has 0 saturated carbocycles. The Kier molecular flexibility index (Phi) is 6.20. The first kappa shape index (κ1) is 12.8. The molecule has 0 saturated heterocycles. The molecule has 0 radical (unpaired) electrons. The predicted octanol–water partition coefficient (Wildman–Crippen LogP) is 0.768. The van der Waals surface area contributed by atoms with E-state index in [0.29, 0.717) is 19.3 Å². The Morgan fingerprint density at radius 2 is 1.00 bits per heavy atom. The van der Waals surface area contributed by atoms with Gasteiger partial charge in [-0.15, -0.1) is 0 Å². The molecule has 0 atom stereocenters. The Hall–Kier alpha value is -0.191. The maximum atomic E-state index is 11.4. The van der Waals surface area contributed by atoms with Gasteiger partial charge in [-0.3, -0.25) is 0 Å². The summed E-state index contributed by atoms with van der Waals surface area (Å²) in [5.74, 6) is 0. The minimum atomic E-state index is -3.17. The third-order valence-electron chi connectivity index (χ3n) is 2.01. The van der Waals surface area contributed by atoms with Crippen molar-refractivity contribution in [2.45, 2.75) is 40.0 Å². The predicted molar refractivity (Wildman–Crippen MR) is 53.0 cm³/mol. The fraction of sp³-hybridized carbons (Fsp3) is 0.667. The molecule has 0 aliphatic rings. The van der Waals surface area contributed by atoms with Gasteiger partial charge in [-0.2, -0.15) is 0 Å². The van der Waals surface area contributed by atoms with Crippen molar-refractivity contribution in [3.8, 4) is 0 Å². The summed E-state index contributed by atoms with van der Waals surface area (Å²) in [6.45, 7) is 5.16. The van der Waals surface area contributed by atoms with Crippen LogP contribution in [0.2, 0.25) is 0 Å². The van der Waals surface area contributed by atoms with E-state index < -0.39 is 19.8 Å². The van der Waals surface area contributed by atoms with Crippen LogP contribution in [0.25, 0.3) is 0 Å². The van der Waals surface area contributed by atoms with E-state index in [1.54, 1.807) is 20.8 Å². The van der Waals surface area contributed by atoms with Crippen molar-refractivity contribution < 1.29 is 14.4 Å². The molecule has 0 aliphatic heterocycles. The summed E-state index contributed by atoms with van der Waals surface area (Å²) in [5.41, 5.74) is 0. The van der Waals surface area contributed by atoms with Gasteiger partial charge in [0.1, 0.15) is 0 Å². The summed E-state index contributed by atoms with van der Waals surface area (Å²) in [5, 5.41) is 0. The van der Waals surface area contributed by atoms with Gasteiger partial charge in [0.05, 0.1) is 0 Å². The van der Waals surface area contributed by atoms with E-state index in [9.17, 15) is 14.4 Å². The van der Waals surface area contributed by atoms with Gasteiger partial charge in [0.2, 0.25) is 0 Å². The van der Waals surface area contributed by atoms with Gasteiger partial charge in [0, 0.05) is 0 Å². The molecule has 0 unspecified atom stereocenters. The third kappa shape index (κ3) is 3.58. The zero-order valence-electron chi connectivity index (χ0n) is 8.42. The van der Waals surface area contributed by atoms with E-state index >= 15 is 0 Å². The summed E-state index contributed by atoms with van der Waals surface area (Å²) in [7, 11) is 0. The molecule has 0 N–H and O–H groups in total. The Bertz CT molecular complexity index is 185. The van der Waals surface area contributed by atoms with Crippen LogP contribution >= 0.6 is 0 Å². The van der Waals surface area contributed by atoms with Crippen LogP contribution in [-0.2, 0) is 14.4 Å². The fourth-order valence-electron chi connectivity index (χ4n) is 1.15. The average Bonchev–Trinajstić information content (AvgIpc) is 2.16. The van der Waals surface area contributed by atoms with Crippen LogP contribution in [0.5, 0.6) is 0 Å². The van der Waals surface area contributed by atoms with Crippen LogP contribution in [0, 0.1) is 0 Å². The summed E-state index contributed by atoms with van der Waals surface area (Å²) >= 11 is -3.17. The van der Waals surface area contributed by atoms with Gasteiger partial charge in [-0.25, -0.2) is 0 Å². The quantitative estimate of drug-likeness (QED) is 0.679. The van der Waals surface area contributed by atoms with Crippen LogP contribution in [0.15, 0.2) is 0 Å². The van der Waals surface area contributed by atoms with E-state index in [1.807, 2.05) is 0 Å². The Balaban J connectivity index is 4.64. The van der Waals surface area contributed by atoms with E-state index in [0.717, 1.165) is 0 Å². The van der Waals surface area contributed by atoms with E-state index in [2.05, 4.69) is 0 Å². The van der Waals surface area contributed by atoms with Crippen molar-refractivity contribution in [2.24, 2.45) is 0 Å². The number of hydrogen-bond donors (Lipinski definition) is 0. The van der Waals surface area contributed by atoms with Crippen molar-refractivity contribution in [1.29, 1.82) is 0 Å². The van der Waals surface area contributed by atoms with Crippen LogP contribution in [-0.4, -0.2) is 31.2 Å². The summed E-state index contributed by atoms with van der Waals surface area (Å²) < 4.78 is -0.124. The Morgan fingerprint density at radius 1 is 0.769 bits per heavy atom. The molecule has 0 fully saturated rings. The van der Waals surface area contributed by atoms with E-state index in [1.165, 1.54) is 0 Å². The minimum absolute atomic E-state index is 0.0412. The standard InChI is InChI=1S/3C3H5O.Sn.H/c3*1-2-3-4;;/h3*2H2,1H3;;. The van der Waals surface area contributed by atoms with Crippen molar-refractivity contribution in [2.75, 3.05) is 0 Å². The average molecular weight is 291 g/mol. The molecule has 0 aliphatic carbocycles. The summed E-state index contributed by atoms with van der Waals surface area (Å²) in [4.78, 5) is 34.1. The summed E-state index contributed by atoms with van der Waals surface area (Å²) in [6, 6.07) is 0. The first-order valence-electron chi connectivity index (χ1n) is 4.66. The van der Waals surface area contributed by atoms with Gasteiger partial charge in [-0.05, 0) is 0 Å². The first-order chi connectivity index (χ1) is 6.08. The van der Waals surface area contributed by atoms with Crippen LogP contribution in [0.3, 0.4) is 0 Å². The van der Waals surface area contributed by atoms with E-state index in [-0.39, 0.29) is 11.4 Å². The Morgan fingerprint density at radius 3 is 1.15 bits per heavy atom. The summed E-state index contributed by atoms with van der Waals surface area (Å²) in [6.07, 6.45) is 1.04. The normalized spacial score (nSPS) is 10.2. The fourth-order valence-corrected chi connectivity index (χ4v) is 7.72. The van der Waals surface area contributed by atoms with Gasteiger partial charge < -0.3 is 0 Å². The zero-order valence-corrected chi connectivity index (χ0v) is 11.7. The van der Waals surface area contributed by atoms with Gasteiger partial charge in [0.15, 0.2) is 0 Å². The molecule has 3 nitrogen and oxygen atoms in total. The monoisotopic (exact) mass is 292 g/mol. The molecule has 0 heterocycles. The molecule has 74 valence electrons. The molecule has 0 aromatic heterocycles. The van der Waals surface area contributed by atoms with Crippen LogP contribution in [0.1, 0.15) is 40.0 Å². The topological polar surface area (TPSA) is 51.2 Å². The molecule has 0 aromatic rings. The van der Waals surface area contributed by atoms with Gasteiger partial charge >= 0.3 is 85.6 Å². The van der Waals surface area contributed by atoms with Crippen molar-refractivity contribution in [1.82, 2.24) is 0 Å². The first-order valence-corrected chi connectivity index (χ1v) is 9.60. The second-order valence-electron chi connectivity index (χ2n) is 2.89. The van der Waals surface area contributed by atoms with Crippen molar-refractivity contribution in [3.05, 3.63) is 0 Å². The van der Waals surface area contributed by atoms with Crippen LogP contribution < -0.4 is 0 Å². The number of rotatable bonds is 6. The van der Waals surface area contributed by atoms with Crippen molar-refractivity contribution in [3.63, 3.8) is 0 Å². The van der Waals surface area contributed by atoms with Gasteiger partial charge in [-0.1, -0.05) is 0 Å². The SMILES string of the molecule is CC[C](=O)[SnH]([C](=O)CC)[C](=O)CC. The molecule has 0 aromatic carbocycles. The number of carbonyl (C=O) groups is 3. The number of hydrogen-bond acceptors (Lipinski definition) is 3. The van der Waals surface area contributed by atoms with Crippen molar-refractivity contribution >= 4 is 31.2 Å². The molecule has 0 rings (SSSR count). The second kappa shape index (κ2) is 6.29. The van der Waals surface area contributed by atoms with E-state index in [4.69, 9.17) is 0 Å². The maximum absolute atomic E-state index is 11.4. The molecule has 4 heteroatoms. The third-order valence-corrected chi connectivity index (χ3v) is 11.0. The molecule has 13 heavy (non-hydrogen) atoms. The second-order valence-corrected chi connectivity index (χ2v) is 10.9. The van der Waals surface area contributed by atoms with Gasteiger partial charge in [0.25, 0.3) is 0 Å². The molecular weight excluding hydrogens is 275 g/mol. The Labute approximate surface area is 85.6 Å². The molecule has 0 bridgehead atoms.